The van der Waals surface area contributed by atoms with Gasteiger partial charge in [0.05, 0.1) is 0 Å². The van der Waals surface area contributed by atoms with Crippen LogP contribution in [-0.4, -0.2) is 40.8 Å². The van der Waals surface area contributed by atoms with Crippen LogP contribution in [0, 0.1) is 23.2 Å². The molecule has 2 aliphatic heterocycles. The molecule has 0 aromatic heterocycles. The van der Waals surface area contributed by atoms with E-state index in [0.717, 1.165) is 42.3 Å². The van der Waals surface area contributed by atoms with Gasteiger partial charge in [-0.25, -0.2) is 4.79 Å². The van der Waals surface area contributed by atoms with E-state index in [0.29, 0.717) is 35.7 Å². The van der Waals surface area contributed by atoms with Crippen LogP contribution in [0.5, 0.6) is 0 Å². The summed E-state index contributed by atoms with van der Waals surface area (Å²) in [7, 11) is 0. The van der Waals surface area contributed by atoms with Gasteiger partial charge in [0.2, 0.25) is 0 Å². The van der Waals surface area contributed by atoms with Crippen molar-refractivity contribution in [3.05, 3.63) is 34.9 Å². The second kappa shape index (κ2) is 7.52. The molecule has 6 aliphatic rings. The molecule has 178 valence electrons. The Labute approximate surface area is 195 Å². The Morgan fingerprint density at radius 2 is 1.64 bits per heavy atom. The number of carbonyl (C=O) groups excluding carboxylic acids is 1. The molecule has 0 N–H and O–H groups in total. The molecule has 4 aliphatic carbocycles. The van der Waals surface area contributed by atoms with Gasteiger partial charge in [0.1, 0.15) is 5.84 Å². The standard InChI is InChI=1S/C24H27ClF3N3O2/c25-19-4-1-17(2-5-19)18-3-6-20-30(13-18)21(29-31(20)33-22(32)24(26,27)28)23-10-14-7-15(11-23)9-16(8-14)12-23/h1-2,4-5,14-16,18,20H,3,6-13H2. The van der Waals surface area contributed by atoms with Crippen LogP contribution in [0.1, 0.15) is 62.8 Å². The molecule has 1 aromatic carbocycles. The topological polar surface area (TPSA) is 45.1 Å². The molecule has 2 unspecified atom stereocenters. The summed E-state index contributed by atoms with van der Waals surface area (Å²) >= 11 is 6.07. The first-order valence-corrected chi connectivity index (χ1v) is 12.3. The second-order valence-corrected chi connectivity index (χ2v) is 11.2. The highest BCUT2D eigenvalue weighted by Crippen LogP contribution is 2.61. The fourth-order valence-corrected chi connectivity index (χ4v) is 7.78. The Balaban J connectivity index is 1.32. The molecule has 0 radical (unpaired) electrons. The van der Waals surface area contributed by atoms with Crippen molar-refractivity contribution in [3.63, 3.8) is 0 Å². The maximum atomic E-state index is 13.0. The lowest BCUT2D eigenvalue weighted by Crippen LogP contribution is -2.57. The van der Waals surface area contributed by atoms with E-state index in [4.69, 9.17) is 16.4 Å². The largest absolute Gasteiger partial charge is 0.493 e. The van der Waals surface area contributed by atoms with E-state index in [1.54, 1.807) is 0 Å². The number of fused-ring (bicyclic) bond motifs is 1. The van der Waals surface area contributed by atoms with Gasteiger partial charge in [-0.1, -0.05) is 28.9 Å². The second-order valence-electron chi connectivity index (χ2n) is 10.8. The number of hydroxylamine groups is 1. The van der Waals surface area contributed by atoms with Crippen molar-refractivity contribution in [2.75, 3.05) is 6.54 Å². The number of rotatable bonds is 3. The number of hydrogen-bond acceptors (Lipinski definition) is 5. The van der Waals surface area contributed by atoms with Crippen molar-refractivity contribution in [3.8, 4) is 0 Å². The lowest BCUT2D eigenvalue weighted by atomic mass is 9.49. The zero-order chi connectivity index (χ0) is 23.0. The van der Waals surface area contributed by atoms with Gasteiger partial charge < -0.3 is 9.74 Å². The Hall–Kier alpha value is -1.96. The number of halogens is 4. The van der Waals surface area contributed by atoms with Gasteiger partial charge in [-0.15, -0.1) is 5.10 Å². The number of piperidine rings is 1. The van der Waals surface area contributed by atoms with Crippen LogP contribution in [-0.2, 0) is 9.63 Å². The maximum absolute atomic E-state index is 13.0. The van der Waals surface area contributed by atoms with E-state index in [1.165, 1.54) is 19.3 Å². The Morgan fingerprint density at radius 3 is 2.21 bits per heavy atom. The Bertz CT molecular complexity index is 945. The number of carbonyl (C=O) groups is 1. The van der Waals surface area contributed by atoms with Crippen LogP contribution >= 0.6 is 11.6 Å². The van der Waals surface area contributed by atoms with Crippen molar-refractivity contribution in [1.82, 2.24) is 10.1 Å². The van der Waals surface area contributed by atoms with Crippen molar-refractivity contribution in [2.24, 2.45) is 28.3 Å². The summed E-state index contributed by atoms with van der Waals surface area (Å²) < 4.78 is 38.9. The van der Waals surface area contributed by atoms with E-state index in [2.05, 4.69) is 10.0 Å². The fraction of sp³-hybridized carbons (Fsp3) is 0.667. The first-order chi connectivity index (χ1) is 15.7. The van der Waals surface area contributed by atoms with Crippen molar-refractivity contribution in [1.29, 1.82) is 0 Å². The molecule has 33 heavy (non-hydrogen) atoms. The fourth-order valence-electron chi connectivity index (χ4n) is 7.65. The summed E-state index contributed by atoms with van der Waals surface area (Å²) in [6.07, 6.45) is 2.69. The third-order valence-corrected chi connectivity index (χ3v) is 8.78. The Kier molecular flexibility index (Phi) is 4.91. The third kappa shape index (κ3) is 3.69. The van der Waals surface area contributed by atoms with Crippen molar-refractivity contribution in [2.45, 2.75) is 69.6 Å². The average molecular weight is 482 g/mol. The van der Waals surface area contributed by atoms with Gasteiger partial charge in [0, 0.05) is 22.9 Å². The predicted molar refractivity (Wildman–Crippen MR) is 116 cm³/mol. The summed E-state index contributed by atoms with van der Waals surface area (Å²) in [5, 5.41) is 6.27. The van der Waals surface area contributed by atoms with E-state index in [-0.39, 0.29) is 11.3 Å². The van der Waals surface area contributed by atoms with Crippen molar-refractivity contribution < 1.29 is 22.8 Å². The highest BCUT2D eigenvalue weighted by Gasteiger charge is 2.58. The highest BCUT2D eigenvalue weighted by molar-refractivity contribution is 6.30. The number of amidine groups is 1. The summed E-state index contributed by atoms with van der Waals surface area (Å²) in [6, 6.07) is 7.79. The highest BCUT2D eigenvalue weighted by atomic mass is 35.5. The summed E-state index contributed by atoms with van der Waals surface area (Å²) in [6.45, 7) is 0.646. The molecule has 0 amide bonds. The molecule has 1 saturated heterocycles. The molecular formula is C24H27ClF3N3O2. The van der Waals surface area contributed by atoms with Gasteiger partial charge in [-0.3, -0.25) is 0 Å². The Morgan fingerprint density at radius 1 is 1.03 bits per heavy atom. The number of nitrogens with zero attached hydrogens (tertiary/aromatic N) is 3. The monoisotopic (exact) mass is 481 g/mol. The summed E-state index contributed by atoms with van der Waals surface area (Å²) in [5.74, 6) is 0.858. The van der Waals surface area contributed by atoms with Gasteiger partial charge in [0.15, 0.2) is 6.17 Å². The molecule has 1 aromatic rings. The van der Waals surface area contributed by atoms with Crippen molar-refractivity contribution >= 4 is 23.4 Å². The van der Waals surface area contributed by atoms with Gasteiger partial charge >= 0.3 is 12.1 Å². The summed E-state index contributed by atoms with van der Waals surface area (Å²) in [5.41, 5.74) is 1.04. The van der Waals surface area contributed by atoms with Crippen LogP contribution in [0.4, 0.5) is 13.2 Å². The molecule has 5 fully saturated rings. The number of alkyl halides is 3. The normalized spacial score (nSPS) is 37.2. The van der Waals surface area contributed by atoms with Crippen LogP contribution in [0.25, 0.3) is 0 Å². The van der Waals surface area contributed by atoms with Gasteiger partial charge in [-0.05, 0) is 86.8 Å². The minimum absolute atomic E-state index is 0.117. The SMILES string of the molecule is O=C(ON1N=C(C23CC4CC(CC(C4)C2)C3)N2CC(c3ccc(Cl)cc3)CCC12)C(F)(F)F. The predicted octanol–water partition coefficient (Wildman–Crippen LogP) is 5.71. The van der Waals surface area contributed by atoms with Gasteiger partial charge in [0.25, 0.3) is 0 Å². The van der Waals surface area contributed by atoms with Crippen LogP contribution in [0.2, 0.25) is 5.02 Å². The zero-order valence-corrected chi connectivity index (χ0v) is 19.0. The first-order valence-electron chi connectivity index (χ1n) is 11.9. The average Bonchev–Trinajstić information content (AvgIpc) is 3.11. The molecule has 7 rings (SSSR count). The number of hydrazone groups is 1. The van der Waals surface area contributed by atoms with Gasteiger partial charge in [-0.2, -0.15) is 13.2 Å². The molecule has 2 heterocycles. The third-order valence-electron chi connectivity index (χ3n) is 8.53. The zero-order valence-electron chi connectivity index (χ0n) is 18.2. The van der Waals surface area contributed by atoms with E-state index >= 15 is 0 Å². The van der Waals surface area contributed by atoms with E-state index in [1.807, 2.05) is 24.3 Å². The maximum Gasteiger partial charge on any atom is 0.493 e. The lowest BCUT2D eigenvalue weighted by Gasteiger charge is -2.57. The molecular weight excluding hydrogens is 455 g/mol. The molecule has 5 nitrogen and oxygen atoms in total. The molecule has 4 saturated carbocycles. The molecule has 2 atom stereocenters. The minimum Gasteiger partial charge on any atom is -0.333 e. The van der Waals surface area contributed by atoms with Crippen LogP contribution in [0.3, 0.4) is 0 Å². The molecule has 4 bridgehead atoms. The first kappa shape index (κ1) is 21.6. The molecule has 9 heteroatoms. The number of benzene rings is 1. The van der Waals surface area contributed by atoms with Crippen LogP contribution in [0.15, 0.2) is 29.4 Å². The quantitative estimate of drug-likeness (QED) is 0.554. The molecule has 0 spiro atoms. The lowest BCUT2D eigenvalue weighted by molar-refractivity contribution is -0.251. The van der Waals surface area contributed by atoms with E-state index in [9.17, 15) is 18.0 Å². The van der Waals surface area contributed by atoms with Crippen LogP contribution < -0.4 is 0 Å². The minimum atomic E-state index is -5.05. The summed E-state index contributed by atoms with van der Waals surface area (Å²) in [4.78, 5) is 18.6. The van der Waals surface area contributed by atoms with E-state index < -0.39 is 18.3 Å². The number of hydrogen-bond donors (Lipinski definition) is 0. The smallest absolute Gasteiger partial charge is 0.333 e.